The second kappa shape index (κ2) is 11.1. The van der Waals surface area contributed by atoms with Crippen LogP contribution in [0.4, 0.5) is 0 Å². The molecule has 0 rings (SSSR count). The first-order valence-electron chi connectivity index (χ1n) is 4.19. The van der Waals surface area contributed by atoms with Crippen molar-refractivity contribution < 1.29 is 12.3 Å². The molecule has 0 aliphatic carbocycles. The Morgan fingerprint density at radius 1 is 0.769 bits per heavy atom. The SMILES string of the molecule is CCSOB(OSCC)OSCC. The lowest BCUT2D eigenvalue weighted by atomic mass is 10.3. The molecule has 0 heterocycles. The average molecular weight is 242 g/mol. The Kier molecular flexibility index (Phi) is 11.9. The van der Waals surface area contributed by atoms with Gasteiger partial charge in [-0.25, -0.2) is 0 Å². The Balaban J connectivity index is 3.47. The fourth-order valence-electron chi connectivity index (χ4n) is 0.419. The van der Waals surface area contributed by atoms with Crippen molar-refractivity contribution in [1.82, 2.24) is 0 Å². The summed E-state index contributed by atoms with van der Waals surface area (Å²) in [5, 5.41) is 0. The molecule has 0 spiro atoms. The topological polar surface area (TPSA) is 27.7 Å². The predicted octanol–water partition coefficient (Wildman–Crippen LogP) is 3.03. The van der Waals surface area contributed by atoms with Crippen LogP contribution in [-0.4, -0.2) is 24.6 Å². The number of hydrogen-bond acceptors (Lipinski definition) is 6. The van der Waals surface area contributed by atoms with E-state index in [1.807, 2.05) is 20.8 Å². The predicted molar refractivity (Wildman–Crippen MR) is 63.4 cm³/mol. The van der Waals surface area contributed by atoms with Gasteiger partial charge in [0.1, 0.15) is 0 Å². The highest BCUT2D eigenvalue weighted by molar-refractivity contribution is 7.97. The monoisotopic (exact) mass is 242 g/mol. The van der Waals surface area contributed by atoms with Crippen molar-refractivity contribution in [1.29, 1.82) is 0 Å². The maximum Gasteiger partial charge on any atom is 0.674 e. The van der Waals surface area contributed by atoms with Crippen molar-refractivity contribution in [2.75, 3.05) is 17.3 Å². The zero-order valence-electron chi connectivity index (χ0n) is 8.15. The Hall–Kier alpha value is 0.995. The highest BCUT2D eigenvalue weighted by Crippen LogP contribution is 2.16. The lowest BCUT2D eigenvalue weighted by Crippen LogP contribution is -2.19. The summed E-state index contributed by atoms with van der Waals surface area (Å²) in [6.45, 7) is 6.05. The van der Waals surface area contributed by atoms with Crippen molar-refractivity contribution in [2.45, 2.75) is 20.8 Å². The molecule has 0 saturated carbocycles. The summed E-state index contributed by atoms with van der Waals surface area (Å²) in [7, 11) is -0.570. The van der Waals surface area contributed by atoms with Crippen LogP contribution in [0.5, 0.6) is 0 Å². The molecule has 3 nitrogen and oxygen atoms in total. The van der Waals surface area contributed by atoms with Gasteiger partial charge in [0.2, 0.25) is 0 Å². The van der Waals surface area contributed by atoms with Crippen LogP contribution < -0.4 is 0 Å². The van der Waals surface area contributed by atoms with Crippen LogP contribution in [0.2, 0.25) is 0 Å². The second-order valence-corrected chi connectivity index (χ2v) is 4.81. The summed E-state index contributed by atoms with van der Waals surface area (Å²) in [4.78, 5) is 0. The van der Waals surface area contributed by atoms with E-state index < -0.39 is 7.32 Å². The van der Waals surface area contributed by atoms with Crippen LogP contribution in [0.1, 0.15) is 20.8 Å². The summed E-state index contributed by atoms with van der Waals surface area (Å²) >= 11 is 4.02. The van der Waals surface area contributed by atoms with Crippen LogP contribution in [0.15, 0.2) is 0 Å². The van der Waals surface area contributed by atoms with E-state index in [-0.39, 0.29) is 0 Å². The zero-order valence-corrected chi connectivity index (χ0v) is 10.6. The van der Waals surface area contributed by atoms with Crippen molar-refractivity contribution in [3.8, 4) is 0 Å². The first-order valence-corrected chi connectivity index (χ1v) is 6.93. The smallest absolute Gasteiger partial charge is 0.316 e. The van der Waals surface area contributed by atoms with Crippen molar-refractivity contribution >= 4 is 43.4 Å². The highest BCUT2D eigenvalue weighted by atomic mass is 32.2. The fourth-order valence-corrected chi connectivity index (χ4v) is 1.55. The maximum atomic E-state index is 5.23. The summed E-state index contributed by atoms with van der Waals surface area (Å²) in [6.07, 6.45) is 0. The van der Waals surface area contributed by atoms with E-state index in [1.165, 1.54) is 36.1 Å². The molecule has 0 fully saturated rings. The third kappa shape index (κ3) is 9.30. The lowest BCUT2D eigenvalue weighted by Gasteiger charge is -2.09. The van der Waals surface area contributed by atoms with Gasteiger partial charge in [-0.3, -0.25) is 0 Å². The summed E-state index contributed by atoms with van der Waals surface area (Å²) < 4.78 is 15.7. The molecule has 0 saturated heterocycles. The second-order valence-electron chi connectivity index (χ2n) is 1.80. The molecule has 13 heavy (non-hydrogen) atoms. The lowest BCUT2D eigenvalue weighted by molar-refractivity contribution is 0.379. The van der Waals surface area contributed by atoms with Crippen molar-refractivity contribution in [2.24, 2.45) is 0 Å². The van der Waals surface area contributed by atoms with Crippen molar-refractivity contribution in [3.05, 3.63) is 0 Å². The Morgan fingerprint density at radius 3 is 1.31 bits per heavy atom. The molecule has 0 aromatic rings. The van der Waals surface area contributed by atoms with Gasteiger partial charge in [-0.2, -0.15) is 0 Å². The molecule has 0 unspecified atom stereocenters. The minimum atomic E-state index is -0.570. The quantitative estimate of drug-likeness (QED) is 0.455. The maximum absolute atomic E-state index is 5.23. The average Bonchev–Trinajstić information content (AvgIpc) is 2.17. The third-order valence-electron chi connectivity index (χ3n) is 0.793. The summed E-state index contributed by atoms with van der Waals surface area (Å²) in [5.41, 5.74) is 0. The van der Waals surface area contributed by atoms with E-state index in [2.05, 4.69) is 0 Å². The molecular formula is C6H15BO3S3. The minimum Gasteiger partial charge on any atom is -0.316 e. The highest BCUT2D eigenvalue weighted by Gasteiger charge is 2.23. The molecule has 0 atom stereocenters. The fraction of sp³-hybridized carbons (Fsp3) is 1.00. The van der Waals surface area contributed by atoms with Gasteiger partial charge in [0.05, 0.1) is 0 Å². The van der Waals surface area contributed by atoms with Crippen molar-refractivity contribution in [3.63, 3.8) is 0 Å². The van der Waals surface area contributed by atoms with E-state index in [0.717, 1.165) is 17.3 Å². The van der Waals surface area contributed by atoms with Gasteiger partial charge in [-0.15, -0.1) is 0 Å². The molecule has 0 N–H and O–H groups in total. The molecule has 0 aliphatic rings. The summed E-state index contributed by atoms with van der Waals surface area (Å²) in [5.74, 6) is 2.66. The van der Waals surface area contributed by atoms with E-state index in [4.69, 9.17) is 12.3 Å². The minimum absolute atomic E-state index is 0.570. The van der Waals surface area contributed by atoms with Gasteiger partial charge in [-0.1, -0.05) is 20.8 Å². The molecule has 0 aromatic carbocycles. The normalized spacial score (nSPS) is 10.4. The van der Waals surface area contributed by atoms with Crippen LogP contribution in [0, 0.1) is 0 Å². The molecule has 0 aromatic heterocycles. The Bertz CT molecular complexity index is 90.1. The molecule has 7 heteroatoms. The molecule has 0 radical (unpaired) electrons. The molecular weight excluding hydrogens is 227 g/mol. The molecule has 0 bridgehead atoms. The largest absolute Gasteiger partial charge is 0.674 e. The van der Waals surface area contributed by atoms with Crippen LogP contribution in [0.25, 0.3) is 0 Å². The number of rotatable bonds is 9. The van der Waals surface area contributed by atoms with Gasteiger partial charge in [0.25, 0.3) is 0 Å². The van der Waals surface area contributed by atoms with Crippen LogP contribution in [0.3, 0.4) is 0 Å². The Labute approximate surface area is 93.8 Å². The summed E-state index contributed by atoms with van der Waals surface area (Å²) in [6, 6.07) is 0. The van der Waals surface area contributed by atoms with Crippen LogP contribution in [-0.2, 0) is 12.3 Å². The van der Waals surface area contributed by atoms with E-state index in [9.17, 15) is 0 Å². The molecule has 0 amide bonds. The standard InChI is InChI=1S/C6H15BO3S3/c1-4-11-8-7(9-12-5-2)10-13-6-3/h4-6H2,1-3H3. The zero-order chi connectivity index (χ0) is 9.94. The van der Waals surface area contributed by atoms with Crippen LogP contribution >= 0.6 is 36.1 Å². The van der Waals surface area contributed by atoms with Gasteiger partial charge >= 0.3 is 7.32 Å². The Morgan fingerprint density at radius 2 is 1.08 bits per heavy atom. The molecule has 78 valence electrons. The first-order chi connectivity index (χ1) is 6.35. The van der Waals surface area contributed by atoms with Gasteiger partial charge in [0.15, 0.2) is 0 Å². The first kappa shape index (κ1) is 14.0. The van der Waals surface area contributed by atoms with Gasteiger partial charge < -0.3 is 12.3 Å². The van der Waals surface area contributed by atoms with E-state index in [0.29, 0.717) is 0 Å². The van der Waals surface area contributed by atoms with E-state index in [1.54, 1.807) is 0 Å². The van der Waals surface area contributed by atoms with E-state index >= 15 is 0 Å². The molecule has 0 aliphatic heterocycles. The third-order valence-corrected chi connectivity index (χ3v) is 2.38. The van der Waals surface area contributed by atoms with Gasteiger partial charge in [0, 0.05) is 17.3 Å². The van der Waals surface area contributed by atoms with Gasteiger partial charge in [-0.05, 0) is 36.1 Å². The number of hydrogen-bond donors (Lipinski definition) is 0.